The van der Waals surface area contributed by atoms with Crippen LogP contribution >= 0.6 is 45.3 Å². The van der Waals surface area contributed by atoms with Gasteiger partial charge in [0.25, 0.3) is 0 Å². The van der Waals surface area contributed by atoms with Crippen molar-refractivity contribution in [3.8, 4) is 41.8 Å². The molecule has 0 saturated carbocycles. The van der Waals surface area contributed by atoms with E-state index in [9.17, 15) is 0 Å². The molecule has 0 bridgehead atoms. The molecular formula is C50H28S4. The third-order valence-electron chi connectivity index (χ3n) is 11.1. The number of rotatable bonds is 4. The van der Waals surface area contributed by atoms with Gasteiger partial charge in [0.2, 0.25) is 0 Å². The summed E-state index contributed by atoms with van der Waals surface area (Å²) in [6.45, 7) is 0. The SMILES string of the molecule is c1ccc(-c2scc3c4cc5cc6c(cc5cc4c4csc(-c5ccccc5)c4c23)c2csc(-c3ccccc3)c2c2c(-c3ccccc3)scc62)cc1. The number of hydrogen-bond donors (Lipinski definition) is 0. The molecule has 0 spiro atoms. The maximum Gasteiger partial charge on any atom is 0.0428 e. The summed E-state index contributed by atoms with van der Waals surface area (Å²) >= 11 is 7.49. The van der Waals surface area contributed by atoms with Crippen LogP contribution in [0.1, 0.15) is 0 Å². The Kier molecular flexibility index (Phi) is 6.81. The van der Waals surface area contributed by atoms with Crippen molar-refractivity contribution in [3.05, 3.63) is 167 Å². The van der Waals surface area contributed by atoms with E-state index in [2.05, 4.69) is 167 Å². The third kappa shape index (κ3) is 4.46. The summed E-state index contributed by atoms with van der Waals surface area (Å²) in [5.74, 6) is 0. The van der Waals surface area contributed by atoms with Crippen LogP contribution in [0, 0.1) is 0 Å². The summed E-state index contributed by atoms with van der Waals surface area (Å²) in [6, 6.07) is 53.7. The highest BCUT2D eigenvalue weighted by atomic mass is 32.1. The van der Waals surface area contributed by atoms with Crippen molar-refractivity contribution in [1.29, 1.82) is 0 Å². The lowest BCUT2D eigenvalue weighted by atomic mass is 9.90. The molecule has 0 N–H and O–H groups in total. The molecule has 0 nitrogen and oxygen atoms in total. The second-order valence-corrected chi connectivity index (χ2v) is 17.5. The predicted octanol–water partition coefficient (Wildman–Crippen LogP) is 16.7. The maximum atomic E-state index is 2.48. The maximum absolute atomic E-state index is 2.48. The van der Waals surface area contributed by atoms with E-state index in [1.807, 2.05) is 45.3 Å². The van der Waals surface area contributed by atoms with Crippen LogP contribution in [0.3, 0.4) is 0 Å². The van der Waals surface area contributed by atoms with Gasteiger partial charge in [-0.05, 0) is 100 Å². The average Bonchev–Trinajstić information content (AvgIpc) is 4.06. The van der Waals surface area contributed by atoms with Crippen LogP contribution in [0.2, 0.25) is 0 Å². The molecule has 0 saturated heterocycles. The van der Waals surface area contributed by atoms with E-state index in [4.69, 9.17) is 0 Å². The Labute approximate surface area is 327 Å². The normalized spacial score (nSPS) is 12.1. The minimum Gasteiger partial charge on any atom is -0.142 e. The van der Waals surface area contributed by atoms with E-state index in [-0.39, 0.29) is 0 Å². The molecule has 0 aliphatic rings. The van der Waals surface area contributed by atoms with Crippen LogP contribution in [0.5, 0.6) is 0 Å². The lowest BCUT2D eigenvalue weighted by Crippen LogP contribution is -1.85. The Morgan fingerprint density at radius 3 is 0.685 bits per heavy atom. The van der Waals surface area contributed by atoms with Crippen LogP contribution in [0.4, 0.5) is 0 Å². The zero-order chi connectivity index (χ0) is 35.3. The van der Waals surface area contributed by atoms with Crippen LogP contribution in [0.25, 0.3) is 117 Å². The van der Waals surface area contributed by atoms with E-state index in [0.717, 1.165) is 0 Å². The Bertz CT molecular complexity index is 2940. The van der Waals surface area contributed by atoms with Gasteiger partial charge in [-0.3, -0.25) is 0 Å². The van der Waals surface area contributed by atoms with E-state index in [1.54, 1.807) is 0 Å². The lowest BCUT2D eigenvalue weighted by molar-refractivity contribution is 1.71. The summed E-state index contributed by atoms with van der Waals surface area (Å²) in [7, 11) is 0. The van der Waals surface area contributed by atoms with Crippen molar-refractivity contribution in [1.82, 2.24) is 0 Å². The molecule has 0 amide bonds. The summed E-state index contributed by atoms with van der Waals surface area (Å²) in [5.41, 5.74) is 5.11. The molecule has 252 valence electrons. The van der Waals surface area contributed by atoms with E-state index >= 15 is 0 Å². The Balaban J connectivity index is 1.21. The fraction of sp³-hybridized carbons (Fsp3) is 0. The van der Waals surface area contributed by atoms with Gasteiger partial charge in [-0.2, -0.15) is 0 Å². The van der Waals surface area contributed by atoms with Crippen molar-refractivity contribution >= 4 is 121 Å². The minimum atomic E-state index is 1.28. The van der Waals surface area contributed by atoms with E-state index < -0.39 is 0 Å². The summed E-state index contributed by atoms with van der Waals surface area (Å²) in [6.07, 6.45) is 0. The Morgan fingerprint density at radius 1 is 0.241 bits per heavy atom. The number of hydrogen-bond acceptors (Lipinski definition) is 4. The van der Waals surface area contributed by atoms with Gasteiger partial charge in [0.1, 0.15) is 0 Å². The lowest BCUT2D eigenvalue weighted by Gasteiger charge is -2.13. The summed E-state index contributed by atoms with van der Waals surface area (Å²) < 4.78 is 0. The quantitative estimate of drug-likeness (QED) is 0.157. The monoisotopic (exact) mass is 756 g/mol. The molecule has 0 radical (unpaired) electrons. The fourth-order valence-electron chi connectivity index (χ4n) is 8.67. The first kappa shape index (κ1) is 30.8. The van der Waals surface area contributed by atoms with Crippen LogP contribution in [0.15, 0.2) is 167 Å². The highest BCUT2D eigenvalue weighted by Gasteiger charge is 2.23. The molecule has 0 aliphatic carbocycles. The Hall–Kier alpha value is -5.62. The highest BCUT2D eigenvalue weighted by molar-refractivity contribution is 7.18. The van der Waals surface area contributed by atoms with Gasteiger partial charge >= 0.3 is 0 Å². The molecule has 0 atom stereocenters. The molecule has 0 fully saturated rings. The van der Waals surface area contributed by atoms with Crippen molar-refractivity contribution in [2.75, 3.05) is 0 Å². The van der Waals surface area contributed by atoms with Gasteiger partial charge in [-0.15, -0.1) is 45.3 Å². The van der Waals surface area contributed by atoms with Crippen molar-refractivity contribution in [2.24, 2.45) is 0 Å². The molecule has 8 aromatic carbocycles. The molecule has 4 heterocycles. The van der Waals surface area contributed by atoms with Gasteiger partial charge < -0.3 is 0 Å². The first-order valence-corrected chi connectivity index (χ1v) is 21.6. The van der Waals surface area contributed by atoms with Gasteiger partial charge in [0.15, 0.2) is 0 Å². The molecule has 4 aromatic heterocycles. The largest absolute Gasteiger partial charge is 0.142 e. The first-order valence-electron chi connectivity index (χ1n) is 18.1. The fourth-order valence-corrected chi connectivity index (χ4v) is 13.0. The van der Waals surface area contributed by atoms with Gasteiger partial charge in [0, 0.05) is 62.6 Å². The predicted molar refractivity (Wildman–Crippen MR) is 242 cm³/mol. The average molecular weight is 757 g/mol. The zero-order valence-corrected chi connectivity index (χ0v) is 32.1. The molecular weight excluding hydrogens is 729 g/mol. The van der Waals surface area contributed by atoms with Crippen molar-refractivity contribution in [3.63, 3.8) is 0 Å². The molecule has 12 rings (SSSR count). The third-order valence-corrected chi connectivity index (χ3v) is 15.2. The molecule has 54 heavy (non-hydrogen) atoms. The standard InChI is InChI=1S/C50H28S4/c1-5-13-29(14-6-1)47-43-39(25-51-47)35-21-33-23-37-38(24-34(33)22-36(35)40-26-52-48(44(40)43)30-15-7-2-8-16-30)42-28-54-50(32-19-11-4-12-20-32)46(42)45-41(37)27-53-49(45)31-17-9-3-10-18-31/h1-28H. The number of thiophene rings is 4. The van der Waals surface area contributed by atoms with Crippen LogP contribution in [-0.4, -0.2) is 0 Å². The molecule has 0 unspecified atom stereocenters. The highest BCUT2D eigenvalue weighted by Crippen LogP contribution is 2.52. The van der Waals surface area contributed by atoms with E-state index in [0.29, 0.717) is 0 Å². The van der Waals surface area contributed by atoms with Gasteiger partial charge in [-0.25, -0.2) is 0 Å². The molecule has 4 heteroatoms. The summed E-state index contributed by atoms with van der Waals surface area (Å²) in [4.78, 5) is 5.37. The number of fused-ring (bicyclic) bond motifs is 13. The summed E-state index contributed by atoms with van der Waals surface area (Å²) in [5, 5.41) is 28.3. The van der Waals surface area contributed by atoms with Crippen molar-refractivity contribution in [2.45, 2.75) is 0 Å². The first-order chi connectivity index (χ1) is 26.8. The topological polar surface area (TPSA) is 0 Å². The van der Waals surface area contributed by atoms with Gasteiger partial charge in [0.05, 0.1) is 0 Å². The number of benzene rings is 8. The van der Waals surface area contributed by atoms with Crippen LogP contribution in [-0.2, 0) is 0 Å². The Morgan fingerprint density at radius 2 is 0.463 bits per heavy atom. The molecule has 0 aliphatic heterocycles. The zero-order valence-electron chi connectivity index (χ0n) is 28.8. The minimum absolute atomic E-state index is 1.28. The van der Waals surface area contributed by atoms with Crippen molar-refractivity contribution < 1.29 is 0 Å². The smallest absolute Gasteiger partial charge is 0.0428 e. The van der Waals surface area contributed by atoms with E-state index in [1.165, 1.54) is 117 Å². The van der Waals surface area contributed by atoms with Gasteiger partial charge in [-0.1, -0.05) is 121 Å². The molecule has 12 aromatic rings. The second-order valence-electron chi connectivity index (χ2n) is 14.0. The van der Waals surface area contributed by atoms with Crippen LogP contribution < -0.4 is 0 Å². The second kappa shape index (κ2) is 11.9.